The van der Waals surface area contributed by atoms with Gasteiger partial charge in [0.2, 0.25) is 0 Å². The smallest absolute Gasteiger partial charge is 0.0494 e. The van der Waals surface area contributed by atoms with Gasteiger partial charge in [-0.3, -0.25) is 4.90 Å². The van der Waals surface area contributed by atoms with Gasteiger partial charge in [0, 0.05) is 25.2 Å². The summed E-state index contributed by atoms with van der Waals surface area (Å²) in [7, 11) is 6.35. The van der Waals surface area contributed by atoms with E-state index in [0.717, 1.165) is 13.1 Å². The maximum atomic E-state index is 6.16. The maximum absolute atomic E-state index is 6.16. The van der Waals surface area contributed by atoms with Gasteiger partial charge in [0.05, 0.1) is 0 Å². The summed E-state index contributed by atoms with van der Waals surface area (Å²) in [6.45, 7) is 6.26. The second-order valence-electron chi connectivity index (χ2n) is 5.50. The summed E-state index contributed by atoms with van der Waals surface area (Å²) in [6, 6.07) is 9.10. The van der Waals surface area contributed by atoms with Crippen molar-refractivity contribution >= 4 is 0 Å². The number of aryl methyl sites for hydroxylation is 1. The zero-order valence-corrected chi connectivity index (χ0v) is 12.4. The summed E-state index contributed by atoms with van der Waals surface area (Å²) >= 11 is 0. The minimum atomic E-state index is 0.125. The molecule has 0 fully saturated rings. The van der Waals surface area contributed by atoms with Crippen molar-refractivity contribution in [1.29, 1.82) is 0 Å². The van der Waals surface area contributed by atoms with Crippen molar-refractivity contribution in [2.45, 2.75) is 25.9 Å². The first kappa shape index (κ1) is 15.2. The van der Waals surface area contributed by atoms with Crippen molar-refractivity contribution in [3.05, 3.63) is 35.4 Å². The molecule has 0 saturated carbocycles. The van der Waals surface area contributed by atoms with Crippen LogP contribution in [0.4, 0.5) is 0 Å². The lowest BCUT2D eigenvalue weighted by atomic mass is 9.98. The van der Waals surface area contributed by atoms with E-state index < -0.39 is 0 Å². The summed E-state index contributed by atoms with van der Waals surface area (Å²) in [5.41, 5.74) is 8.75. The first-order chi connectivity index (χ1) is 8.41. The Balaban J connectivity index is 2.78. The molecule has 0 aliphatic rings. The Labute approximate surface area is 112 Å². The van der Waals surface area contributed by atoms with Crippen molar-refractivity contribution in [1.82, 2.24) is 9.80 Å². The van der Waals surface area contributed by atoms with Gasteiger partial charge in [0.25, 0.3) is 0 Å². The molecule has 1 aromatic carbocycles. The zero-order chi connectivity index (χ0) is 13.7. The molecule has 0 radical (unpaired) electrons. The molecular formula is C15H27N3. The second-order valence-corrected chi connectivity index (χ2v) is 5.50. The van der Waals surface area contributed by atoms with Gasteiger partial charge in [-0.25, -0.2) is 0 Å². The third kappa shape index (κ3) is 4.41. The Morgan fingerprint density at radius 1 is 1.06 bits per heavy atom. The number of nitrogens with two attached hydrogens (primary N) is 1. The predicted molar refractivity (Wildman–Crippen MR) is 78.8 cm³/mol. The second kappa shape index (κ2) is 6.88. The average Bonchev–Trinajstić information content (AvgIpc) is 2.29. The lowest BCUT2D eigenvalue weighted by Gasteiger charge is -2.32. The van der Waals surface area contributed by atoms with Crippen LogP contribution in [-0.4, -0.2) is 50.1 Å². The molecule has 3 heteroatoms. The molecule has 2 atom stereocenters. The van der Waals surface area contributed by atoms with Gasteiger partial charge in [-0.15, -0.1) is 0 Å². The summed E-state index contributed by atoms with van der Waals surface area (Å²) in [6.07, 6.45) is 0. The van der Waals surface area contributed by atoms with Crippen LogP contribution in [0.15, 0.2) is 24.3 Å². The van der Waals surface area contributed by atoms with Crippen molar-refractivity contribution in [2.75, 3.05) is 34.2 Å². The van der Waals surface area contributed by atoms with E-state index in [4.69, 9.17) is 5.73 Å². The summed E-state index contributed by atoms with van der Waals surface area (Å²) < 4.78 is 0. The van der Waals surface area contributed by atoms with E-state index in [1.807, 2.05) is 0 Å². The van der Waals surface area contributed by atoms with E-state index >= 15 is 0 Å². The number of hydrogen-bond donors (Lipinski definition) is 1. The predicted octanol–water partition coefficient (Wildman–Crippen LogP) is 1.88. The third-order valence-corrected chi connectivity index (χ3v) is 3.29. The Hall–Kier alpha value is -0.900. The molecule has 0 amide bonds. The van der Waals surface area contributed by atoms with Gasteiger partial charge in [-0.05, 0) is 40.6 Å². The van der Waals surface area contributed by atoms with Crippen molar-refractivity contribution < 1.29 is 0 Å². The molecule has 0 saturated heterocycles. The first-order valence-electron chi connectivity index (χ1n) is 6.59. The van der Waals surface area contributed by atoms with Crippen LogP contribution in [0.1, 0.15) is 24.1 Å². The first-order valence-corrected chi connectivity index (χ1v) is 6.59. The van der Waals surface area contributed by atoms with Gasteiger partial charge in [0.15, 0.2) is 0 Å². The SMILES string of the molecule is Cc1ccc(C(C(C)N)N(C)CCN(C)C)cc1. The highest BCUT2D eigenvalue weighted by Gasteiger charge is 2.20. The average molecular weight is 249 g/mol. The highest BCUT2D eigenvalue weighted by molar-refractivity contribution is 5.25. The Bertz CT molecular complexity index is 343. The summed E-state index contributed by atoms with van der Waals surface area (Å²) in [5, 5.41) is 0. The zero-order valence-electron chi connectivity index (χ0n) is 12.4. The van der Waals surface area contributed by atoms with E-state index in [-0.39, 0.29) is 12.1 Å². The van der Waals surface area contributed by atoms with Gasteiger partial charge in [-0.1, -0.05) is 29.8 Å². The Morgan fingerprint density at radius 2 is 1.61 bits per heavy atom. The fourth-order valence-electron chi connectivity index (χ4n) is 2.22. The number of nitrogens with zero attached hydrogens (tertiary/aromatic N) is 2. The van der Waals surface area contributed by atoms with Crippen LogP contribution in [0.25, 0.3) is 0 Å². The van der Waals surface area contributed by atoms with Crippen LogP contribution < -0.4 is 5.73 Å². The molecule has 3 nitrogen and oxygen atoms in total. The van der Waals surface area contributed by atoms with Gasteiger partial charge in [-0.2, -0.15) is 0 Å². The van der Waals surface area contributed by atoms with E-state index in [1.54, 1.807) is 0 Å². The van der Waals surface area contributed by atoms with Crippen molar-refractivity contribution in [2.24, 2.45) is 5.73 Å². The molecule has 18 heavy (non-hydrogen) atoms. The number of rotatable bonds is 6. The monoisotopic (exact) mass is 249 g/mol. The van der Waals surface area contributed by atoms with Crippen molar-refractivity contribution in [3.8, 4) is 0 Å². The molecule has 2 N–H and O–H groups in total. The number of likely N-dealkylation sites (N-methyl/N-ethyl adjacent to an activating group) is 2. The van der Waals surface area contributed by atoms with Crippen LogP contribution in [0.2, 0.25) is 0 Å². The minimum Gasteiger partial charge on any atom is -0.326 e. The molecule has 0 aromatic heterocycles. The maximum Gasteiger partial charge on any atom is 0.0494 e. The topological polar surface area (TPSA) is 32.5 Å². The van der Waals surface area contributed by atoms with Crippen LogP contribution >= 0.6 is 0 Å². The minimum absolute atomic E-state index is 0.125. The van der Waals surface area contributed by atoms with Gasteiger partial charge in [0.1, 0.15) is 0 Å². The molecule has 0 bridgehead atoms. The van der Waals surface area contributed by atoms with Crippen LogP contribution in [0, 0.1) is 6.92 Å². The molecule has 2 unspecified atom stereocenters. The Morgan fingerprint density at radius 3 is 2.06 bits per heavy atom. The molecule has 0 heterocycles. The van der Waals surface area contributed by atoms with Gasteiger partial charge < -0.3 is 10.6 Å². The Kier molecular flexibility index (Phi) is 5.79. The highest BCUT2D eigenvalue weighted by atomic mass is 15.2. The van der Waals surface area contributed by atoms with Crippen LogP contribution in [0.3, 0.4) is 0 Å². The molecule has 1 rings (SSSR count). The summed E-state index contributed by atoms with van der Waals surface area (Å²) in [4.78, 5) is 4.54. The molecule has 102 valence electrons. The molecule has 0 spiro atoms. The van der Waals surface area contributed by atoms with Crippen LogP contribution in [0.5, 0.6) is 0 Å². The highest BCUT2D eigenvalue weighted by Crippen LogP contribution is 2.22. The fraction of sp³-hybridized carbons (Fsp3) is 0.600. The normalized spacial score (nSPS) is 15.1. The van der Waals surface area contributed by atoms with E-state index in [1.165, 1.54) is 11.1 Å². The van der Waals surface area contributed by atoms with E-state index in [2.05, 4.69) is 69.1 Å². The molecule has 1 aromatic rings. The molecular weight excluding hydrogens is 222 g/mol. The lowest BCUT2D eigenvalue weighted by molar-refractivity contribution is 0.198. The molecule has 0 aliphatic heterocycles. The third-order valence-electron chi connectivity index (χ3n) is 3.29. The standard InChI is InChI=1S/C15H27N3/c1-12-6-8-14(9-7-12)15(13(2)16)18(5)11-10-17(3)4/h6-9,13,15H,10-11,16H2,1-5H3. The number of hydrogen-bond acceptors (Lipinski definition) is 3. The largest absolute Gasteiger partial charge is 0.326 e. The fourth-order valence-corrected chi connectivity index (χ4v) is 2.22. The summed E-state index contributed by atoms with van der Waals surface area (Å²) in [5.74, 6) is 0. The van der Waals surface area contributed by atoms with Crippen molar-refractivity contribution in [3.63, 3.8) is 0 Å². The van der Waals surface area contributed by atoms with E-state index in [0.29, 0.717) is 0 Å². The number of benzene rings is 1. The lowest BCUT2D eigenvalue weighted by Crippen LogP contribution is -2.40. The van der Waals surface area contributed by atoms with Crippen LogP contribution in [-0.2, 0) is 0 Å². The quantitative estimate of drug-likeness (QED) is 0.835. The van der Waals surface area contributed by atoms with E-state index in [9.17, 15) is 0 Å². The van der Waals surface area contributed by atoms with Gasteiger partial charge >= 0.3 is 0 Å². The molecule has 0 aliphatic carbocycles.